The maximum Gasteiger partial charge on any atom is 0.255 e. The molecule has 0 aliphatic carbocycles. The molecule has 0 radical (unpaired) electrons. The Kier molecular flexibility index (Phi) is 7.06. The maximum atomic E-state index is 12.9. The summed E-state index contributed by atoms with van der Waals surface area (Å²) in [6.45, 7) is 6.53. The Balaban J connectivity index is 1.39. The quantitative estimate of drug-likeness (QED) is 0.582. The largest absolute Gasteiger partial charge is 0.467 e. The number of carbonyl (C=O) groups is 2. The van der Waals surface area contributed by atoms with Gasteiger partial charge in [0, 0.05) is 31.9 Å². The molecule has 0 spiro atoms. The Morgan fingerprint density at radius 3 is 2.50 bits per heavy atom. The maximum absolute atomic E-state index is 12.9. The second-order valence-electron chi connectivity index (χ2n) is 8.31. The van der Waals surface area contributed by atoms with E-state index in [9.17, 15) is 14.9 Å². The standard InChI is InChI=1S/C25H26ClN5O3/c1-17-18(2)31(15-19-6-5-13-34-19)24(21(17)14-27)28-23(32)16-29-9-11-30(12-10-29)25(33)20-7-3-4-8-22(20)26/h3-8,13H,9-12,15-16H2,1-2H3,(H,28,32). The van der Waals surface area contributed by atoms with Crippen molar-refractivity contribution in [2.24, 2.45) is 0 Å². The minimum absolute atomic E-state index is 0.102. The summed E-state index contributed by atoms with van der Waals surface area (Å²) in [5, 5.41) is 13.1. The summed E-state index contributed by atoms with van der Waals surface area (Å²) in [5.41, 5.74) is 2.67. The molecule has 2 amide bonds. The molecule has 4 rings (SSSR count). The van der Waals surface area contributed by atoms with Crippen LogP contribution in [0.15, 0.2) is 47.1 Å². The van der Waals surface area contributed by atoms with Crippen molar-refractivity contribution in [3.05, 3.63) is 75.8 Å². The zero-order chi connectivity index (χ0) is 24.2. The van der Waals surface area contributed by atoms with Gasteiger partial charge in [0.05, 0.1) is 35.5 Å². The van der Waals surface area contributed by atoms with Gasteiger partial charge in [0.25, 0.3) is 5.91 Å². The summed E-state index contributed by atoms with van der Waals surface area (Å²) in [5.74, 6) is 0.902. The number of halogens is 1. The smallest absolute Gasteiger partial charge is 0.255 e. The van der Waals surface area contributed by atoms with E-state index in [1.54, 1.807) is 41.5 Å². The SMILES string of the molecule is Cc1c(C#N)c(NC(=O)CN2CCN(C(=O)c3ccccc3Cl)CC2)n(Cc2ccco2)c1C. The second-order valence-corrected chi connectivity index (χ2v) is 8.71. The Labute approximate surface area is 203 Å². The molecule has 3 aromatic rings. The lowest BCUT2D eigenvalue weighted by atomic mass is 10.2. The number of hydrogen-bond acceptors (Lipinski definition) is 5. The topological polar surface area (TPSA) is 94.5 Å². The van der Waals surface area contributed by atoms with Gasteiger partial charge in [0.1, 0.15) is 17.6 Å². The summed E-state index contributed by atoms with van der Waals surface area (Å²) >= 11 is 6.17. The summed E-state index contributed by atoms with van der Waals surface area (Å²) in [6.07, 6.45) is 1.60. The molecule has 1 N–H and O–H groups in total. The predicted molar refractivity (Wildman–Crippen MR) is 129 cm³/mol. The van der Waals surface area contributed by atoms with Gasteiger partial charge < -0.3 is 19.2 Å². The van der Waals surface area contributed by atoms with Crippen LogP contribution < -0.4 is 5.32 Å². The van der Waals surface area contributed by atoms with Crippen LogP contribution in [0.25, 0.3) is 0 Å². The van der Waals surface area contributed by atoms with E-state index in [1.807, 2.05) is 29.4 Å². The number of nitrogens with zero attached hydrogens (tertiary/aromatic N) is 4. The predicted octanol–water partition coefficient (Wildman–Crippen LogP) is 3.67. The monoisotopic (exact) mass is 479 g/mol. The van der Waals surface area contributed by atoms with E-state index >= 15 is 0 Å². The van der Waals surface area contributed by atoms with Crippen LogP contribution in [0.5, 0.6) is 0 Å². The van der Waals surface area contributed by atoms with Crippen LogP contribution in [0.3, 0.4) is 0 Å². The third-order valence-electron chi connectivity index (χ3n) is 6.22. The molecule has 1 fully saturated rings. The third kappa shape index (κ3) is 4.86. The molecule has 1 aromatic carbocycles. The number of furan rings is 1. The number of benzene rings is 1. The molecule has 0 unspecified atom stereocenters. The van der Waals surface area contributed by atoms with Gasteiger partial charge in [-0.05, 0) is 43.7 Å². The van der Waals surface area contributed by atoms with Crippen LogP contribution >= 0.6 is 11.6 Å². The molecule has 9 heteroatoms. The van der Waals surface area contributed by atoms with Crippen LogP contribution in [0.2, 0.25) is 5.02 Å². The number of carbonyl (C=O) groups excluding carboxylic acids is 2. The van der Waals surface area contributed by atoms with Crippen molar-refractivity contribution in [1.82, 2.24) is 14.4 Å². The van der Waals surface area contributed by atoms with Crippen LogP contribution in [0.1, 0.15) is 32.9 Å². The number of piperazine rings is 1. The number of rotatable bonds is 6. The summed E-state index contributed by atoms with van der Waals surface area (Å²) < 4.78 is 7.35. The van der Waals surface area contributed by atoms with E-state index in [0.29, 0.717) is 54.7 Å². The fourth-order valence-corrected chi connectivity index (χ4v) is 4.39. The number of nitrogens with one attached hydrogen (secondary N) is 1. The average molecular weight is 480 g/mol. The fraction of sp³-hybridized carbons (Fsp3) is 0.320. The van der Waals surface area contributed by atoms with Gasteiger partial charge in [-0.15, -0.1) is 0 Å². The molecule has 0 atom stereocenters. The van der Waals surface area contributed by atoms with E-state index in [-0.39, 0.29) is 18.4 Å². The number of aromatic nitrogens is 1. The lowest BCUT2D eigenvalue weighted by Crippen LogP contribution is -2.50. The number of hydrogen-bond donors (Lipinski definition) is 1. The normalized spacial score (nSPS) is 14.1. The lowest BCUT2D eigenvalue weighted by molar-refractivity contribution is -0.117. The molecule has 1 aliphatic heterocycles. The number of amides is 2. The first-order valence-corrected chi connectivity index (χ1v) is 11.4. The molecular weight excluding hydrogens is 454 g/mol. The zero-order valence-corrected chi connectivity index (χ0v) is 19.9. The lowest BCUT2D eigenvalue weighted by Gasteiger charge is -2.34. The Morgan fingerprint density at radius 2 is 1.85 bits per heavy atom. The molecule has 0 saturated carbocycles. The van der Waals surface area contributed by atoms with Gasteiger partial charge >= 0.3 is 0 Å². The minimum Gasteiger partial charge on any atom is -0.467 e. The van der Waals surface area contributed by atoms with Gasteiger partial charge in [-0.2, -0.15) is 5.26 Å². The van der Waals surface area contributed by atoms with Gasteiger partial charge in [-0.1, -0.05) is 23.7 Å². The van der Waals surface area contributed by atoms with Gasteiger partial charge in [-0.25, -0.2) is 0 Å². The average Bonchev–Trinajstić information content (AvgIpc) is 3.42. The first-order valence-electron chi connectivity index (χ1n) is 11.1. The van der Waals surface area contributed by atoms with Crippen molar-refractivity contribution in [2.75, 3.05) is 38.0 Å². The molecule has 3 heterocycles. The highest BCUT2D eigenvalue weighted by molar-refractivity contribution is 6.33. The minimum atomic E-state index is -0.208. The molecule has 8 nitrogen and oxygen atoms in total. The molecule has 176 valence electrons. The summed E-state index contributed by atoms with van der Waals surface area (Å²) in [6, 6.07) is 12.9. The van der Waals surface area contributed by atoms with Crippen LogP contribution in [-0.4, -0.2) is 58.9 Å². The van der Waals surface area contributed by atoms with E-state index in [0.717, 1.165) is 17.0 Å². The molecule has 0 bridgehead atoms. The second kappa shape index (κ2) is 10.2. The Bertz CT molecular complexity index is 1230. The van der Waals surface area contributed by atoms with E-state index in [4.69, 9.17) is 16.0 Å². The van der Waals surface area contributed by atoms with E-state index in [1.165, 1.54) is 0 Å². The Morgan fingerprint density at radius 1 is 1.12 bits per heavy atom. The van der Waals surface area contributed by atoms with E-state index in [2.05, 4.69) is 11.4 Å². The fourth-order valence-electron chi connectivity index (χ4n) is 4.18. The highest BCUT2D eigenvalue weighted by atomic mass is 35.5. The van der Waals surface area contributed by atoms with Crippen molar-refractivity contribution in [1.29, 1.82) is 5.26 Å². The Hall–Kier alpha value is -3.54. The summed E-state index contributed by atoms with van der Waals surface area (Å²) in [7, 11) is 0. The zero-order valence-electron chi connectivity index (χ0n) is 19.2. The highest BCUT2D eigenvalue weighted by Crippen LogP contribution is 2.27. The summed E-state index contributed by atoms with van der Waals surface area (Å²) in [4.78, 5) is 29.4. The van der Waals surface area contributed by atoms with Crippen molar-refractivity contribution >= 4 is 29.2 Å². The van der Waals surface area contributed by atoms with Crippen molar-refractivity contribution in [2.45, 2.75) is 20.4 Å². The van der Waals surface area contributed by atoms with E-state index < -0.39 is 0 Å². The number of nitriles is 1. The van der Waals surface area contributed by atoms with Crippen molar-refractivity contribution < 1.29 is 14.0 Å². The molecule has 1 saturated heterocycles. The molecule has 1 aliphatic rings. The van der Waals surface area contributed by atoms with Gasteiger partial charge in [0.2, 0.25) is 5.91 Å². The molecule has 34 heavy (non-hydrogen) atoms. The van der Waals surface area contributed by atoms with Gasteiger partial charge in [0.15, 0.2) is 0 Å². The van der Waals surface area contributed by atoms with Crippen LogP contribution in [0, 0.1) is 25.2 Å². The first kappa shape index (κ1) is 23.6. The number of anilines is 1. The van der Waals surface area contributed by atoms with Crippen LogP contribution in [-0.2, 0) is 11.3 Å². The third-order valence-corrected chi connectivity index (χ3v) is 6.55. The van der Waals surface area contributed by atoms with Crippen molar-refractivity contribution in [3.63, 3.8) is 0 Å². The van der Waals surface area contributed by atoms with Gasteiger partial charge in [-0.3, -0.25) is 14.5 Å². The molecule has 2 aromatic heterocycles. The van der Waals surface area contributed by atoms with Crippen molar-refractivity contribution in [3.8, 4) is 6.07 Å². The van der Waals surface area contributed by atoms with Crippen LogP contribution in [0.4, 0.5) is 5.82 Å². The first-order chi connectivity index (χ1) is 16.4. The molecular formula is C25H26ClN5O3. The highest BCUT2D eigenvalue weighted by Gasteiger charge is 2.26.